The summed E-state index contributed by atoms with van der Waals surface area (Å²) in [4.78, 5) is 12.5. The minimum Gasteiger partial charge on any atom is -0.497 e. The number of hydrogen-bond donors (Lipinski definition) is 1. The minimum absolute atomic E-state index is 0.130. The number of aromatic nitrogens is 3. The second-order valence-corrected chi connectivity index (χ2v) is 8.77. The van der Waals surface area contributed by atoms with Gasteiger partial charge in [0.2, 0.25) is 5.91 Å². The van der Waals surface area contributed by atoms with Gasteiger partial charge in [-0.2, -0.15) is 0 Å². The van der Waals surface area contributed by atoms with Crippen LogP contribution in [0.1, 0.15) is 0 Å². The number of amides is 1. The summed E-state index contributed by atoms with van der Waals surface area (Å²) in [6, 6.07) is 22.7. The number of carbonyl (C=O) groups excluding carboxylic acids is 1. The summed E-state index contributed by atoms with van der Waals surface area (Å²) in [6.45, 7) is 0. The van der Waals surface area contributed by atoms with E-state index in [2.05, 4.69) is 31.4 Å². The van der Waals surface area contributed by atoms with Gasteiger partial charge in [-0.3, -0.25) is 9.36 Å². The highest BCUT2D eigenvalue weighted by molar-refractivity contribution is 9.10. The lowest BCUT2D eigenvalue weighted by atomic mass is 10.2. The summed E-state index contributed by atoms with van der Waals surface area (Å²) in [5.41, 5.74) is 2.44. The van der Waals surface area contributed by atoms with Crippen LogP contribution in [-0.2, 0) is 4.79 Å². The normalized spacial score (nSPS) is 10.6. The third kappa shape index (κ3) is 5.55. The minimum atomic E-state index is -0.130. The van der Waals surface area contributed by atoms with Crippen molar-refractivity contribution in [1.82, 2.24) is 14.8 Å². The molecule has 3 aromatic carbocycles. The van der Waals surface area contributed by atoms with Gasteiger partial charge in [-0.1, -0.05) is 39.8 Å². The highest BCUT2D eigenvalue weighted by Gasteiger charge is 2.18. The Hall–Kier alpha value is -3.30. The van der Waals surface area contributed by atoms with E-state index in [0.717, 1.165) is 32.9 Å². The van der Waals surface area contributed by atoms with Crippen molar-refractivity contribution in [2.24, 2.45) is 0 Å². The van der Waals surface area contributed by atoms with Gasteiger partial charge in [0.1, 0.15) is 11.5 Å². The van der Waals surface area contributed by atoms with E-state index in [-0.39, 0.29) is 11.7 Å². The van der Waals surface area contributed by atoms with Crippen LogP contribution in [0, 0.1) is 0 Å². The maximum absolute atomic E-state index is 12.5. The van der Waals surface area contributed by atoms with Crippen LogP contribution in [0.2, 0.25) is 0 Å². The first-order valence-corrected chi connectivity index (χ1v) is 11.8. The Morgan fingerprint density at radius 2 is 1.70 bits per heavy atom. The molecule has 9 heteroatoms. The molecule has 1 N–H and O–H groups in total. The zero-order valence-electron chi connectivity index (χ0n) is 18.0. The van der Waals surface area contributed by atoms with Crippen molar-refractivity contribution in [2.75, 3.05) is 25.3 Å². The first-order chi connectivity index (χ1) is 16.1. The molecular weight excluding hydrogens is 504 g/mol. The Morgan fingerprint density at radius 1 is 0.970 bits per heavy atom. The van der Waals surface area contributed by atoms with Crippen molar-refractivity contribution in [3.63, 3.8) is 0 Å². The molecule has 0 fully saturated rings. The average Bonchev–Trinajstić information content (AvgIpc) is 3.28. The first-order valence-electron chi connectivity index (χ1n) is 10.00. The lowest BCUT2D eigenvalue weighted by molar-refractivity contribution is -0.113. The molecular formula is C24H21BrN4O3S. The number of halogens is 1. The Balaban J connectivity index is 1.62. The maximum atomic E-state index is 12.5. The number of benzene rings is 3. The molecule has 0 bridgehead atoms. The second-order valence-electron chi connectivity index (χ2n) is 6.92. The summed E-state index contributed by atoms with van der Waals surface area (Å²) < 4.78 is 13.5. The fourth-order valence-electron chi connectivity index (χ4n) is 3.14. The van der Waals surface area contributed by atoms with Crippen molar-refractivity contribution < 1.29 is 14.3 Å². The zero-order chi connectivity index (χ0) is 23.2. The number of methoxy groups -OCH3 is 2. The lowest BCUT2D eigenvalue weighted by Crippen LogP contribution is -2.14. The van der Waals surface area contributed by atoms with Gasteiger partial charge in [-0.25, -0.2) is 0 Å². The van der Waals surface area contributed by atoms with Crippen molar-refractivity contribution >= 4 is 39.3 Å². The molecule has 33 heavy (non-hydrogen) atoms. The number of nitrogens with zero attached hydrogens (tertiary/aromatic N) is 3. The molecule has 7 nitrogen and oxygen atoms in total. The van der Waals surface area contributed by atoms with Gasteiger partial charge >= 0.3 is 0 Å². The fraction of sp³-hybridized carbons (Fsp3) is 0.125. The largest absolute Gasteiger partial charge is 0.497 e. The van der Waals surface area contributed by atoms with Gasteiger partial charge in [0, 0.05) is 21.4 Å². The van der Waals surface area contributed by atoms with Crippen molar-refractivity contribution in [2.45, 2.75) is 5.16 Å². The van der Waals surface area contributed by atoms with E-state index in [0.29, 0.717) is 11.0 Å². The second kappa shape index (κ2) is 10.5. The van der Waals surface area contributed by atoms with E-state index < -0.39 is 0 Å². The number of rotatable bonds is 8. The summed E-state index contributed by atoms with van der Waals surface area (Å²) in [6.07, 6.45) is 0. The van der Waals surface area contributed by atoms with Crippen LogP contribution in [-0.4, -0.2) is 40.6 Å². The van der Waals surface area contributed by atoms with E-state index in [1.807, 2.05) is 77.4 Å². The summed E-state index contributed by atoms with van der Waals surface area (Å²) >= 11 is 4.71. The third-order valence-corrected chi connectivity index (χ3v) is 6.21. The van der Waals surface area contributed by atoms with Gasteiger partial charge in [0.25, 0.3) is 0 Å². The van der Waals surface area contributed by atoms with E-state index >= 15 is 0 Å². The topological polar surface area (TPSA) is 78.3 Å². The monoisotopic (exact) mass is 524 g/mol. The highest BCUT2D eigenvalue weighted by Crippen LogP contribution is 2.30. The molecule has 0 unspecified atom stereocenters. The van der Waals surface area contributed by atoms with Crippen LogP contribution in [0.5, 0.6) is 11.5 Å². The molecule has 4 rings (SSSR count). The molecule has 0 aliphatic rings. The Bertz CT molecular complexity index is 1240. The molecule has 0 atom stereocenters. The van der Waals surface area contributed by atoms with Crippen LogP contribution in [0.15, 0.2) is 82.4 Å². The average molecular weight is 525 g/mol. The number of nitrogens with one attached hydrogen (secondary N) is 1. The van der Waals surface area contributed by atoms with Crippen molar-refractivity contribution in [3.8, 4) is 28.6 Å². The molecule has 0 aliphatic heterocycles. The standard InChI is InChI=1S/C24H21BrN4O3S/c1-31-20-12-10-19(11-13-20)29-23(16-4-3-5-21(14-16)32-2)27-28-24(29)33-15-22(30)26-18-8-6-17(25)7-9-18/h3-14H,15H2,1-2H3,(H,26,30). The molecule has 0 aliphatic carbocycles. The van der Waals surface area contributed by atoms with Crippen molar-refractivity contribution in [1.29, 1.82) is 0 Å². The van der Waals surface area contributed by atoms with Gasteiger partial charge in [-0.05, 0) is 60.7 Å². The van der Waals surface area contributed by atoms with E-state index in [4.69, 9.17) is 9.47 Å². The van der Waals surface area contributed by atoms with Gasteiger partial charge in [-0.15, -0.1) is 10.2 Å². The van der Waals surface area contributed by atoms with Crippen molar-refractivity contribution in [3.05, 3.63) is 77.3 Å². The number of anilines is 1. The highest BCUT2D eigenvalue weighted by atomic mass is 79.9. The molecule has 1 amide bonds. The lowest BCUT2D eigenvalue weighted by Gasteiger charge is -2.12. The van der Waals surface area contributed by atoms with Crippen LogP contribution in [0.25, 0.3) is 17.1 Å². The van der Waals surface area contributed by atoms with Gasteiger partial charge in [0.05, 0.1) is 20.0 Å². The van der Waals surface area contributed by atoms with E-state index in [9.17, 15) is 4.79 Å². The molecule has 4 aromatic rings. The molecule has 168 valence electrons. The molecule has 1 aromatic heterocycles. The molecule has 0 saturated carbocycles. The molecule has 0 radical (unpaired) electrons. The fourth-order valence-corrected chi connectivity index (χ4v) is 4.15. The van der Waals surface area contributed by atoms with E-state index in [1.54, 1.807) is 14.2 Å². The Labute approximate surface area is 204 Å². The van der Waals surface area contributed by atoms with Crippen LogP contribution in [0.3, 0.4) is 0 Å². The molecule has 0 spiro atoms. The maximum Gasteiger partial charge on any atom is 0.234 e. The summed E-state index contributed by atoms with van der Waals surface area (Å²) in [7, 11) is 3.25. The molecule has 0 saturated heterocycles. The van der Waals surface area contributed by atoms with E-state index in [1.165, 1.54) is 11.8 Å². The molecule has 1 heterocycles. The Morgan fingerprint density at radius 3 is 2.39 bits per heavy atom. The number of thioether (sulfide) groups is 1. The number of hydrogen-bond acceptors (Lipinski definition) is 6. The SMILES string of the molecule is COc1ccc(-n2c(SCC(=O)Nc3ccc(Br)cc3)nnc2-c2cccc(OC)c2)cc1. The van der Waals surface area contributed by atoms with Crippen LogP contribution in [0.4, 0.5) is 5.69 Å². The zero-order valence-corrected chi connectivity index (χ0v) is 20.4. The Kier molecular flexibility index (Phi) is 7.31. The van der Waals surface area contributed by atoms with Gasteiger partial charge < -0.3 is 14.8 Å². The van der Waals surface area contributed by atoms with Gasteiger partial charge in [0.15, 0.2) is 11.0 Å². The predicted molar refractivity (Wildman–Crippen MR) is 133 cm³/mol. The third-order valence-electron chi connectivity index (χ3n) is 4.75. The number of ether oxygens (including phenoxy) is 2. The smallest absolute Gasteiger partial charge is 0.234 e. The quantitative estimate of drug-likeness (QED) is 0.309. The summed E-state index contributed by atoms with van der Waals surface area (Å²) in [5.74, 6) is 2.17. The first kappa shape index (κ1) is 22.9. The van der Waals surface area contributed by atoms with Crippen LogP contribution < -0.4 is 14.8 Å². The number of carbonyl (C=O) groups is 1. The summed E-state index contributed by atoms with van der Waals surface area (Å²) in [5, 5.41) is 12.3. The van der Waals surface area contributed by atoms with Crippen LogP contribution >= 0.6 is 27.7 Å². The predicted octanol–water partition coefficient (Wildman–Crippen LogP) is 5.44.